The molecular formula is C8H15N3S. The van der Waals surface area contributed by atoms with E-state index >= 15 is 0 Å². The molecule has 0 aliphatic carbocycles. The predicted molar refractivity (Wildman–Crippen MR) is 55.3 cm³/mol. The Morgan fingerprint density at radius 1 is 1.75 bits per heavy atom. The van der Waals surface area contributed by atoms with Crippen molar-refractivity contribution < 1.29 is 0 Å². The quantitative estimate of drug-likeness (QED) is 0.625. The molecule has 0 spiro atoms. The fourth-order valence-electron chi connectivity index (χ4n) is 1.07. The molecule has 0 radical (unpaired) electrons. The number of hydrogen-bond acceptors (Lipinski definition) is 2. The van der Waals surface area contributed by atoms with E-state index in [0.29, 0.717) is 12.1 Å². The van der Waals surface area contributed by atoms with E-state index < -0.39 is 0 Å². The third kappa shape index (κ3) is 2.17. The van der Waals surface area contributed by atoms with Crippen LogP contribution in [0.3, 0.4) is 0 Å². The van der Waals surface area contributed by atoms with Gasteiger partial charge >= 0.3 is 0 Å². The van der Waals surface area contributed by atoms with Crippen molar-refractivity contribution in [2.45, 2.75) is 39.3 Å². The topological polar surface area (TPSA) is 27.6 Å². The lowest BCUT2D eigenvalue weighted by atomic mass is 10.3. The molecule has 0 bridgehead atoms. The van der Waals surface area contributed by atoms with Crippen molar-refractivity contribution in [1.82, 2.24) is 10.3 Å². The summed E-state index contributed by atoms with van der Waals surface area (Å²) in [6, 6.07) is 0.782. The second-order valence-electron chi connectivity index (χ2n) is 3.33. The first-order valence-corrected chi connectivity index (χ1v) is 4.64. The molecule has 1 aliphatic rings. The maximum absolute atomic E-state index is 5.17. The minimum Gasteiger partial charge on any atom is -0.359 e. The molecule has 4 heteroatoms. The molecule has 0 aromatic carbocycles. The highest BCUT2D eigenvalue weighted by molar-refractivity contribution is 7.80. The van der Waals surface area contributed by atoms with Gasteiger partial charge in [-0.2, -0.15) is 5.10 Å². The number of nitrogens with zero attached hydrogens (tertiary/aromatic N) is 2. The molecule has 1 rings (SSSR count). The first-order valence-electron chi connectivity index (χ1n) is 4.23. The summed E-state index contributed by atoms with van der Waals surface area (Å²) in [4.78, 5) is 0. The fraction of sp³-hybridized carbons (Fsp3) is 0.750. The van der Waals surface area contributed by atoms with Gasteiger partial charge in [0.25, 0.3) is 0 Å². The summed E-state index contributed by atoms with van der Waals surface area (Å²) in [5, 5.41) is 9.92. The zero-order valence-corrected chi connectivity index (χ0v) is 8.56. The SMILES string of the molecule is CC(C)NC(=S)N1N=CCC1C. The lowest BCUT2D eigenvalue weighted by Crippen LogP contribution is -2.42. The second-order valence-corrected chi connectivity index (χ2v) is 3.72. The summed E-state index contributed by atoms with van der Waals surface area (Å²) in [6.45, 7) is 6.24. The van der Waals surface area contributed by atoms with Gasteiger partial charge in [-0.15, -0.1) is 0 Å². The van der Waals surface area contributed by atoms with Crippen molar-refractivity contribution in [2.75, 3.05) is 0 Å². The van der Waals surface area contributed by atoms with Crippen molar-refractivity contribution in [2.24, 2.45) is 5.10 Å². The Bertz CT molecular complexity index is 200. The number of rotatable bonds is 1. The second kappa shape index (κ2) is 3.85. The molecule has 0 saturated heterocycles. The molecule has 1 N–H and O–H groups in total. The zero-order chi connectivity index (χ0) is 9.14. The number of thiocarbonyl (C=S) groups is 1. The first-order chi connectivity index (χ1) is 5.61. The van der Waals surface area contributed by atoms with Crippen LogP contribution in [0, 0.1) is 0 Å². The van der Waals surface area contributed by atoms with E-state index in [1.54, 1.807) is 0 Å². The molecule has 0 saturated carbocycles. The van der Waals surface area contributed by atoms with Crippen molar-refractivity contribution in [1.29, 1.82) is 0 Å². The lowest BCUT2D eigenvalue weighted by molar-refractivity contribution is 0.374. The summed E-state index contributed by atoms with van der Waals surface area (Å²) in [5.41, 5.74) is 0. The highest BCUT2D eigenvalue weighted by Gasteiger charge is 2.19. The predicted octanol–water partition coefficient (Wildman–Crippen LogP) is 1.35. The molecule has 0 fully saturated rings. The van der Waals surface area contributed by atoms with Crippen molar-refractivity contribution in [3.63, 3.8) is 0 Å². The standard InChI is InChI=1S/C8H15N3S/c1-6(2)10-8(12)11-7(3)4-5-9-11/h5-7H,4H2,1-3H3,(H,10,12). The molecule has 0 amide bonds. The van der Waals surface area contributed by atoms with Gasteiger partial charge in [0.2, 0.25) is 0 Å². The average Bonchev–Trinajstić information content (AvgIpc) is 2.33. The van der Waals surface area contributed by atoms with Crippen LogP contribution in [-0.4, -0.2) is 28.4 Å². The Labute approximate surface area is 78.8 Å². The van der Waals surface area contributed by atoms with E-state index in [1.807, 2.05) is 11.2 Å². The molecule has 1 unspecified atom stereocenters. The number of hydrogen-bond donors (Lipinski definition) is 1. The molecule has 12 heavy (non-hydrogen) atoms. The molecule has 0 aromatic heterocycles. The van der Waals surface area contributed by atoms with Gasteiger partial charge in [0.05, 0.1) is 6.04 Å². The summed E-state index contributed by atoms with van der Waals surface area (Å²) in [6.07, 6.45) is 2.89. The minimum atomic E-state index is 0.375. The normalized spacial score (nSPS) is 22.0. The summed E-state index contributed by atoms with van der Waals surface area (Å²) in [7, 11) is 0. The van der Waals surface area contributed by atoms with Gasteiger partial charge in [-0.1, -0.05) is 0 Å². The Balaban J connectivity index is 2.47. The highest BCUT2D eigenvalue weighted by atomic mass is 32.1. The maximum atomic E-state index is 5.17. The minimum absolute atomic E-state index is 0.375. The van der Waals surface area contributed by atoms with Crippen LogP contribution in [0.25, 0.3) is 0 Å². The average molecular weight is 185 g/mol. The molecule has 1 aliphatic heterocycles. The lowest BCUT2D eigenvalue weighted by Gasteiger charge is -2.23. The van der Waals surface area contributed by atoms with E-state index in [0.717, 1.165) is 11.5 Å². The first kappa shape index (κ1) is 9.45. The van der Waals surface area contributed by atoms with Gasteiger partial charge in [0, 0.05) is 18.7 Å². The Kier molecular flexibility index (Phi) is 3.03. The smallest absolute Gasteiger partial charge is 0.190 e. The highest BCUT2D eigenvalue weighted by Crippen LogP contribution is 2.10. The van der Waals surface area contributed by atoms with Crippen LogP contribution in [0.2, 0.25) is 0 Å². The number of nitrogens with one attached hydrogen (secondary N) is 1. The molecular weight excluding hydrogens is 170 g/mol. The third-order valence-electron chi connectivity index (χ3n) is 1.69. The maximum Gasteiger partial charge on any atom is 0.190 e. The van der Waals surface area contributed by atoms with Crippen LogP contribution < -0.4 is 5.32 Å². The van der Waals surface area contributed by atoms with Gasteiger partial charge in [0.1, 0.15) is 0 Å². The summed E-state index contributed by atoms with van der Waals surface area (Å²) < 4.78 is 0. The van der Waals surface area contributed by atoms with E-state index in [4.69, 9.17) is 12.2 Å². The Hall–Kier alpha value is -0.640. The van der Waals surface area contributed by atoms with Crippen LogP contribution >= 0.6 is 12.2 Å². The number of hydrazone groups is 1. The Morgan fingerprint density at radius 3 is 2.83 bits per heavy atom. The summed E-state index contributed by atoms with van der Waals surface area (Å²) in [5.74, 6) is 0. The molecule has 0 aromatic rings. The summed E-state index contributed by atoms with van der Waals surface area (Å²) >= 11 is 5.17. The van der Waals surface area contributed by atoms with Crippen LogP contribution in [0.1, 0.15) is 27.2 Å². The van der Waals surface area contributed by atoms with E-state index in [2.05, 4.69) is 31.2 Å². The molecule has 68 valence electrons. The molecule has 1 atom stereocenters. The van der Waals surface area contributed by atoms with E-state index in [1.165, 1.54) is 0 Å². The van der Waals surface area contributed by atoms with Crippen LogP contribution in [0.5, 0.6) is 0 Å². The van der Waals surface area contributed by atoms with E-state index in [-0.39, 0.29) is 0 Å². The molecule has 3 nitrogen and oxygen atoms in total. The monoisotopic (exact) mass is 185 g/mol. The third-order valence-corrected chi connectivity index (χ3v) is 2.00. The zero-order valence-electron chi connectivity index (χ0n) is 7.74. The van der Waals surface area contributed by atoms with Gasteiger partial charge < -0.3 is 5.32 Å². The van der Waals surface area contributed by atoms with Crippen LogP contribution in [0.4, 0.5) is 0 Å². The Morgan fingerprint density at radius 2 is 2.42 bits per heavy atom. The van der Waals surface area contributed by atoms with Gasteiger partial charge in [-0.3, -0.25) is 0 Å². The fourth-order valence-corrected chi connectivity index (χ4v) is 1.53. The van der Waals surface area contributed by atoms with Gasteiger partial charge in [-0.05, 0) is 33.0 Å². The van der Waals surface area contributed by atoms with Crippen LogP contribution in [0.15, 0.2) is 5.10 Å². The van der Waals surface area contributed by atoms with Crippen molar-refractivity contribution in [3.8, 4) is 0 Å². The largest absolute Gasteiger partial charge is 0.359 e. The van der Waals surface area contributed by atoms with Crippen molar-refractivity contribution >= 4 is 23.5 Å². The van der Waals surface area contributed by atoms with Crippen LogP contribution in [-0.2, 0) is 0 Å². The van der Waals surface area contributed by atoms with E-state index in [9.17, 15) is 0 Å². The van der Waals surface area contributed by atoms with Gasteiger partial charge in [0.15, 0.2) is 5.11 Å². The molecule has 1 heterocycles. The van der Waals surface area contributed by atoms with Gasteiger partial charge in [-0.25, -0.2) is 5.01 Å². The van der Waals surface area contributed by atoms with Crippen molar-refractivity contribution in [3.05, 3.63) is 0 Å².